The van der Waals surface area contributed by atoms with Crippen LogP contribution in [-0.2, 0) is 9.53 Å². The van der Waals surface area contributed by atoms with Gasteiger partial charge in [-0.25, -0.2) is 0 Å². The van der Waals surface area contributed by atoms with Crippen LogP contribution in [-0.4, -0.2) is 23.0 Å². The van der Waals surface area contributed by atoms with Crippen molar-refractivity contribution in [1.82, 2.24) is 0 Å². The summed E-state index contributed by atoms with van der Waals surface area (Å²) in [7, 11) is 2.64. The lowest BCUT2D eigenvalue weighted by atomic mass is 9.70. The summed E-state index contributed by atoms with van der Waals surface area (Å²) < 4.78 is 18.7. The van der Waals surface area contributed by atoms with Crippen molar-refractivity contribution in [3.05, 3.63) is 24.3 Å². The molecule has 0 aromatic heterocycles. The second-order valence-electron chi connectivity index (χ2n) is 12.4. The van der Waals surface area contributed by atoms with E-state index in [1.165, 1.54) is 57.8 Å². The highest BCUT2D eigenvalue weighted by molar-refractivity contribution is 7.20. The van der Waals surface area contributed by atoms with Crippen molar-refractivity contribution < 1.29 is 19.0 Å². The largest absolute Gasteiger partial charge is 0.465 e. The Balaban J connectivity index is 2.19. The minimum atomic E-state index is -0.572. The van der Waals surface area contributed by atoms with Crippen LogP contribution in [0.4, 0.5) is 0 Å². The molecule has 0 heterocycles. The first-order valence-electron chi connectivity index (χ1n) is 14.9. The summed E-state index contributed by atoms with van der Waals surface area (Å²) in [6.07, 6.45) is 14.1. The summed E-state index contributed by atoms with van der Waals surface area (Å²) in [6, 6.07) is 7.44. The SMILES string of the molecule is CCCC(CCC)C(CC(Oc1ccc(OC(=O)C(C)(P)CCC)cc1)OC(C)(C)C)C1CCCCC1. The second-order valence-corrected chi connectivity index (χ2v) is 13.7. The molecule has 0 bridgehead atoms. The predicted octanol–water partition coefficient (Wildman–Crippen LogP) is 9.35. The lowest BCUT2D eigenvalue weighted by molar-refractivity contribution is -0.165. The van der Waals surface area contributed by atoms with Crippen molar-refractivity contribution in [1.29, 1.82) is 0 Å². The second kappa shape index (κ2) is 15.5. The fraction of sp³-hybridized carbons (Fsp3) is 0.781. The smallest absolute Gasteiger partial charge is 0.321 e. The monoisotopic (exact) mass is 534 g/mol. The summed E-state index contributed by atoms with van der Waals surface area (Å²) in [5.41, 5.74) is -0.301. The zero-order valence-corrected chi connectivity index (χ0v) is 26.0. The molecule has 37 heavy (non-hydrogen) atoms. The van der Waals surface area contributed by atoms with Gasteiger partial charge in [-0.2, -0.15) is 0 Å². The molecule has 1 saturated carbocycles. The third-order valence-corrected chi connectivity index (χ3v) is 8.19. The van der Waals surface area contributed by atoms with Crippen LogP contribution in [0.1, 0.15) is 126 Å². The summed E-state index contributed by atoms with van der Waals surface area (Å²) in [4.78, 5) is 12.6. The van der Waals surface area contributed by atoms with E-state index < -0.39 is 5.16 Å². The molecule has 4 nitrogen and oxygen atoms in total. The van der Waals surface area contributed by atoms with Crippen LogP contribution in [0, 0.1) is 17.8 Å². The quantitative estimate of drug-likeness (QED) is 0.0973. The molecular weight excluding hydrogens is 479 g/mol. The summed E-state index contributed by atoms with van der Waals surface area (Å²) >= 11 is 0. The highest BCUT2D eigenvalue weighted by Crippen LogP contribution is 2.41. The maximum Gasteiger partial charge on any atom is 0.321 e. The summed E-state index contributed by atoms with van der Waals surface area (Å²) in [5.74, 6) is 3.17. The standard InChI is InChI=1S/C32H55O4P/c1-8-14-24(15-9-2)28(25-16-12-11-13-17-25)23-29(36-31(4,5)6)34-26-18-20-27(21-19-26)35-30(33)32(7,37)22-10-3/h18-21,24-25,28-29H,8-17,22-23,37H2,1-7H3. The van der Waals surface area contributed by atoms with E-state index in [0.717, 1.165) is 36.8 Å². The van der Waals surface area contributed by atoms with Crippen LogP contribution in [0.5, 0.6) is 11.5 Å². The molecule has 1 aromatic carbocycles. The topological polar surface area (TPSA) is 44.8 Å². The van der Waals surface area contributed by atoms with E-state index in [1.54, 1.807) is 0 Å². The number of ether oxygens (including phenoxy) is 3. The molecule has 2 rings (SSSR count). The fourth-order valence-electron chi connectivity index (χ4n) is 5.97. The summed E-state index contributed by atoms with van der Waals surface area (Å²) in [6.45, 7) is 14.9. The number of rotatable bonds is 15. The molecule has 0 spiro atoms. The molecule has 0 aliphatic heterocycles. The van der Waals surface area contributed by atoms with Crippen molar-refractivity contribution in [2.24, 2.45) is 17.8 Å². The first-order chi connectivity index (χ1) is 17.5. The van der Waals surface area contributed by atoms with Gasteiger partial charge in [0.2, 0.25) is 6.29 Å². The van der Waals surface area contributed by atoms with Crippen LogP contribution in [0.25, 0.3) is 0 Å². The van der Waals surface area contributed by atoms with E-state index in [0.29, 0.717) is 11.7 Å². The van der Waals surface area contributed by atoms with E-state index in [-0.39, 0.29) is 17.9 Å². The Morgan fingerprint density at radius 1 is 0.919 bits per heavy atom. The Morgan fingerprint density at radius 2 is 1.49 bits per heavy atom. The average Bonchev–Trinajstić information content (AvgIpc) is 2.83. The van der Waals surface area contributed by atoms with Gasteiger partial charge >= 0.3 is 5.97 Å². The molecule has 5 heteroatoms. The lowest BCUT2D eigenvalue weighted by Crippen LogP contribution is -2.37. The molecule has 1 aliphatic rings. The van der Waals surface area contributed by atoms with E-state index in [4.69, 9.17) is 14.2 Å². The van der Waals surface area contributed by atoms with Gasteiger partial charge in [0.1, 0.15) is 11.5 Å². The number of esters is 1. The molecule has 0 radical (unpaired) electrons. The molecule has 0 N–H and O–H groups in total. The molecular formula is C32H55O4P. The fourth-order valence-corrected chi connectivity index (χ4v) is 6.31. The molecule has 0 amide bonds. The Morgan fingerprint density at radius 3 is 2.00 bits per heavy atom. The Labute approximate surface area is 230 Å². The van der Waals surface area contributed by atoms with Gasteiger partial charge in [-0.05, 0) is 76.1 Å². The van der Waals surface area contributed by atoms with Gasteiger partial charge in [0.25, 0.3) is 0 Å². The molecule has 1 aromatic rings. The third-order valence-electron chi connectivity index (χ3n) is 7.67. The van der Waals surface area contributed by atoms with Crippen molar-refractivity contribution in [3.8, 4) is 11.5 Å². The van der Waals surface area contributed by atoms with Gasteiger partial charge < -0.3 is 14.2 Å². The molecule has 212 valence electrons. The van der Waals surface area contributed by atoms with Crippen LogP contribution < -0.4 is 9.47 Å². The highest BCUT2D eigenvalue weighted by Gasteiger charge is 2.34. The van der Waals surface area contributed by atoms with Gasteiger partial charge in [0.15, 0.2) is 0 Å². The van der Waals surface area contributed by atoms with Crippen LogP contribution >= 0.6 is 9.24 Å². The van der Waals surface area contributed by atoms with E-state index in [9.17, 15) is 4.79 Å². The van der Waals surface area contributed by atoms with Crippen LogP contribution in [0.2, 0.25) is 0 Å². The van der Waals surface area contributed by atoms with E-state index in [2.05, 4.69) is 50.8 Å². The molecule has 1 aliphatic carbocycles. The van der Waals surface area contributed by atoms with Gasteiger partial charge in [0.05, 0.1) is 10.8 Å². The van der Waals surface area contributed by atoms with E-state index >= 15 is 0 Å². The molecule has 4 atom stereocenters. The Kier molecular flexibility index (Phi) is 13.4. The number of hydrogen-bond donors (Lipinski definition) is 0. The third kappa shape index (κ3) is 11.3. The first kappa shape index (κ1) is 32.1. The maximum absolute atomic E-state index is 12.6. The Bertz CT molecular complexity index is 771. The van der Waals surface area contributed by atoms with Crippen molar-refractivity contribution in [2.45, 2.75) is 143 Å². The van der Waals surface area contributed by atoms with Gasteiger partial charge in [0, 0.05) is 6.42 Å². The zero-order chi connectivity index (χ0) is 27.5. The number of carbonyl (C=O) groups excluding carboxylic acids is 1. The predicted molar refractivity (Wildman–Crippen MR) is 158 cm³/mol. The molecule has 1 fully saturated rings. The number of carbonyl (C=O) groups is 1. The average molecular weight is 535 g/mol. The summed E-state index contributed by atoms with van der Waals surface area (Å²) in [5, 5.41) is -0.572. The van der Waals surface area contributed by atoms with Crippen molar-refractivity contribution >= 4 is 15.2 Å². The zero-order valence-electron chi connectivity index (χ0n) is 24.8. The first-order valence-corrected chi connectivity index (χ1v) is 15.5. The van der Waals surface area contributed by atoms with E-state index in [1.807, 2.05) is 31.2 Å². The Hall–Kier alpha value is -1.12. The van der Waals surface area contributed by atoms with Crippen LogP contribution in [0.15, 0.2) is 24.3 Å². The number of hydrogen-bond acceptors (Lipinski definition) is 4. The minimum Gasteiger partial charge on any atom is -0.465 e. The molecule has 4 unspecified atom stereocenters. The number of benzene rings is 1. The van der Waals surface area contributed by atoms with Gasteiger partial charge in [-0.15, -0.1) is 9.24 Å². The van der Waals surface area contributed by atoms with Crippen molar-refractivity contribution in [2.75, 3.05) is 0 Å². The lowest BCUT2D eigenvalue weighted by Gasteiger charge is -2.39. The van der Waals surface area contributed by atoms with Crippen molar-refractivity contribution in [3.63, 3.8) is 0 Å². The van der Waals surface area contributed by atoms with Crippen LogP contribution in [0.3, 0.4) is 0 Å². The normalized spacial score (nSPS) is 18.3. The highest BCUT2D eigenvalue weighted by atomic mass is 31.0. The minimum absolute atomic E-state index is 0.227. The molecule has 0 saturated heterocycles. The van der Waals surface area contributed by atoms with Gasteiger partial charge in [-0.1, -0.05) is 85.0 Å². The van der Waals surface area contributed by atoms with Gasteiger partial charge in [-0.3, -0.25) is 4.79 Å². The maximum atomic E-state index is 12.6.